The minimum absolute atomic E-state index is 0. The quantitative estimate of drug-likeness (QED) is 0.0324. The molecule has 0 unspecified atom stereocenters. The van der Waals surface area contributed by atoms with Gasteiger partial charge in [-0.15, -0.1) is 0 Å². The van der Waals surface area contributed by atoms with E-state index in [1.165, 1.54) is 35.1 Å². The Labute approximate surface area is 737 Å². The number of pyridine rings is 3. The number of methoxy groups -OCH3 is 3. The molecule has 25 nitrogen and oxygen atoms in total. The number of ketones is 1. The van der Waals surface area contributed by atoms with Crippen molar-refractivity contribution in [2.75, 3.05) is 37.3 Å². The van der Waals surface area contributed by atoms with Gasteiger partial charge in [0, 0.05) is 85.1 Å². The van der Waals surface area contributed by atoms with Crippen LogP contribution in [-0.4, -0.2) is 145 Å². The molecule has 629 valence electrons. The Kier molecular flexibility index (Phi) is 34.7. The number of Topliss-reactive ketones (excluding diaryl/α,β-unsaturated/α-hetero) is 1. The van der Waals surface area contributed by atoms with Crippen LogP contribution in [0.1, 0.15) is 163 Å². The van der Waals surface area contributed by atoms with Gasteiger partial charge in [0.2, 0.25) is 0 Å². The van der Waals surface area contributed by atoms with Crippen LogP contribution in [0.4, 0.5) is 17.1 Å². The van der Waals surface area contributed by atoms with Crippen molar-refractivity contribution in [2.24, 2.45) is 5.92 Å². The predicted octanol–water partition coefficient (Wildman–Crippen LogP) is 14.2. The van der Waals surface area contributed by atoms with Crippen molar-refractivity contribution in [3.05, 3.63) is 287 Å². The summed E-state index contributed by atoms with van der Waals surface area (Å²) in [6.07, 6.45) is 15.1. The van der Waals surface area contributed by atoms with E-state index < -0.39 is 0 Å². The first-order valence-electron chi connectivity index (χ1n) is 40.2. The molecule has 6 N–H and O–H groups in total. The van der Waals surface area contributed by atoms with Gasteiger partial charge >= 0.3 is 29.6 Å². The smallest absolute Gasteiger partial charge is 1.00 e. The van der Waals surface area contributed by atoms with Crippen molar-refractivity contribution >= 4 is 81.7 Å². The molecular formula is C95H107BN12NaO13. The minimum atomic E-state index is -0.291. The molecule has 0 saturated heterocycles. The molecular weight excluding hydrogens is 1550 g/mol. The Morgan fingerprint density at radius 3 is 1.12 bits per heavy atom. The molecule has 7 aromatic carbocycles. The fourth-order valence-corrected chi connectivity index (χ4v) is 13.9. The first-order valence-corrected chi connectivity index (χ1v) is 40.2. The third kappa shape index (κ3) is 26.4. The zero-order valence-electron chi connectivity index (χ0n) is 70.6. The summed E-state index contributed by atoms with van der Waals surface area (Å²) in [6, 6.07) is 68.3. The number of carbonyl (C=O) groups excluding carboxylic acids is 4. The number of nitrogens with one attached hydrogen (secondary N) is 4. The summed E-state index contributed by atoms with van der Waals surface area (Å²) in [7, 11) is 4.69. The second kappa shape index (κ2) is 45.5. The summed E-state index contributed by atoms with van der Waals surface area (Å²) in [6.45, 7) is 10.5. The van der Waals surface area contributed by atoms with E-state index in [1.807, 2.05) is 164 Å². The molecule has 122 heavy (non-hydrogen) atoms. The van der Waals surface area contributed by atoms with E-state index in [4.69, 9.17) is 43.4 Å². The van der Waals surface area contributed by atoms with E-state index in [1.54, 1.807) is 70.0 Å². The number of aryl methyl sites for hydroxylation is 3. The molecule has 3 radical (unpaired) electrons. The van der Waals surface area contributed by atoms with Gasteiger partial charge in [-0.25, -0.2) is 15.0 Å². The summed E-state index contributed by atoms with van der Waals surface area (Å²) < 4.78 is 43.0. The number of aromatic amines is 1. The number of rotatable bonds is 23. The summed E-state index contributed by atoms with van der Waals surface area (Å²) >= 11 is 0. The van der Waals surface area contributed by atoms with Gasteiger partial charge < -0.3 is 60.7 Å². The van der Waals surface area contributed by atoms with Gasteiger partial charge in [0.1, 0.15) is 40.1 Å². The van der Waals surface area contributed by atoms with Gasteiger partial charge in [0.05, 0.1) is 136 Å². The van der Waals surface area contributed by atoms with E-state index >= 15 is 0 Å². The number of aromatic nitrogens is 9. The molecule has 6 heterocycles. The van der Waals surface area contributed by atoms with Crippen molar-refractivity contribution in [1.29, 1.82) is 0 Å². The SMILES string of the molecule is C.CC1CC(OCc2ccccc2)C1.COc1cc2[nH]ncc2cc1NC(=O)c1cccc(C)n1.COc1cc2nn(C3CC(O)C3)cc2cc1NC(=O)c1cccc(C)n1.COc1cc2nn(C3CC(OCc4ccccc4)C3)cc2cc1NC(=O)c1cccc(C)n1.O=C1CC(OCc2ccccc2)C1.OC1CC(OCc2ccccc2)C1.[B].[H-].[Na+]. The fourth-order valence-electron chi connectivity index (χ4n) is 13.9. The van der Waals surface area contributed by atoms with Crippen LogP contribution in [0.15, 0.2) is 231 Å². The van der Waals surface area contributed by atoms with Gasteiger partial charge in [0.15, 0.2) is 0 Å². The number of hydrogen-bond donors (Lipinski definition) is 6. The van der Waals surface area contributed by atoms with Crippen LogP contribution < -0.4 is 59.7 Å². The third-order valence-corrected chi connectivity index (χ3v) is 21.1. The topological polar surface area (TPSA) is 312 Å². The second-order valence-electron chi connectivity index (χ2n) is 30.5. The average Bonchev–Trinajstić information content (AvgIpc) is 1.65. The molecule has 3 amide bonds. The number of aliphatic hydroxyl groups excluding tert-OH is 2. The summed E-state index contributed by atoms with van der Waals surface area (Å²) in [5.74, 6) is 2.01. The molecule has 0 spiro atoms. The summed E-state index contributed by atoms with van der Waals surface area (Å²) in [5, 5.41) is 46.0. The largest absolute Gasteiger partial charge is 1.00 e. The number of ether oxygens (including phenoxy) is 7. The molecule has 13 aromatic rings. The van der Waals surface area contributed by atoms with Crippen LogP contribution in [0.2, 0.25) is 0 Å². The first kappa shape index (κ1) is 93.0. The van der Waals surface area contributed by atoms with Gasteiger partial charge in [-0.05, 0) is 155 Å². The van der Waals surface area contributed by atoms with Crippen LogP contribution in [0.3, 0.4) is 0 Å². The second-order valence-corrected chi connectivity index (χ2v) is 30.5. The maximum atomic E-state index is 12.7. The van der Waals surface area contributed by atoms with Crippen LogP contribution in [0.25, 0.3) is 32.7 Å². The molecule has 0 atom stereocenters. The molecule has 18 rings (SSSR count). The number of amides is 3. The number of carbonyl (C=O) groups is 4. The normalized spacial score (nSPS) is 18.2. The maximum Gasteiger partial charge on any atom is 1.00 e. The molecule has 6 aromatic heterocycles. The monoisotopic (exact) mass is 1660 g/mol. The number of hydrogen-bond acceptors (Lipinski definition) is 19. The Hall–Kier alpha value is -11.3. The van der Waals surface area contributed by atoms with E-state index in [0.717, 1.165) is 88.0 Å². The van der Waals surface area contributed by atoms with Crippen molar-refractivity contribution < 1.29 is 93.5 Å². The van der Waals surface area contributed by atoms with E-state index in [2.05, 4.69) is 102 Å². The van der Waals surface area contributed by atoms with Crippen molar-refractivity contribution in [1.82, 2.24) is 44.7 Å². The maximum absolute atomic E-state index is 12.7. The Morgan fingerprint density at radius 2 is 0.779 bits per heavy atom. The van der Waals surface area contributed by atoms with Crippen molar-refractivity contribution in [2.45, 2.75) is 174 Å². The fraction of sp³-hybridized carbons (Fsp3) is 0.326. The number of anilines is 3. The molecule has 0 bridgehead atoms. The molecule has 5 aliphatic carbocycles. The van der Waals surface area contributed by atoms with Gasteiger partial charge in [-0.3, -0.25) is 33.6 Å². The molecule has 5 fully saturated rings. The number of benzene rings is 7. The Morgan fingerprint density at radius 1 is 0.443 bits per heavy atom. The van der Waals surface area contributed by atoms with E-state index in [9.17, 15) is 24.3 Å². The third-order valence-electron chi connectivity index (χ3n) is 21.1. The molecule has 5 saturated carbocycles. The molecule has 5 aliphatic rings. The first-order chi connectivity index (χ1) is 57.8. The number of fused-ring (bicyclic) bond motifs is 3. The summed E-state index contributed by atoms with van der Waals surface area (Å²) in [4.78, 5) is 60.8. The van der Waals surface area contributed by atoms with Crippen LogP contribution >= 0.6 is 0 Å². The number of H-pyrrole nitrogens is 1. The summed E-state index contributed by atoms with van der Waals surface area (Å²) in [5.41, 5.74) is 12.5. The van der Waals surface area contributed by atoms with Crippen molar-refractivity contribution in [3.63, 3.8) is 0 Å². The standard InChI is InChI=1S/C26H26N4O3.C19H20N4O3.C15H14N4O2.C12H16O.C11H14O2.C11H12O2.CH4.B.Na.H/c1-17-7-6-10-22(27-17)26(31)28-24-11-19-15-30(29-23(19)14-25(24)32-2)20-12-21(13-20)33-16-18-8-4-3-5-9-18;1-11-4-3-5-15(20-11)19(25)21-17-6-12-10-23(13-7-14(24)8-13)22-16(12)9-18(17)26-2;1-9-4-3-5-11(17-9)15(20)18-13-6-10-8-16-19-12(10)7-14(13)21-2;1-10-7-12(8-10)13-9-11-5-3-2-4-6-11;2*12-10-6-11(7-10)13-8-9-4-2-1-3-5-9;;;;/h3-11,14-15,20-21H,12-13,16H2,1-2H3,(H,28,31);3-6,9-10,13-14,24H,7-8H2,1-2H3,(H,21,25);3-8H,1-2H3,(H,16,19)(H,18,20);2-6,10,12H,7-9H2,1H3;1-5,10-12H,6-8H2;1-5,11H,6-8H2;1H4;;;/q;;;;;;;;+1;-1. The Balaban J connectivity index is 0.000000173. The van der Waals surface area contributed by atoms with Gasteiger partial charge in [-0.2, -0.15) is 15.3 Å². The molecule has 0 aliphatic heterocycles. The zero-order valence-corrected chi connectivity index (χ0v) is 71.6. The van der Waals surface area contributed by atoms with Crippen LogP contribution in [0, 0.1) is 26.7 Å². The zero-order chi connectivity index (χ0) is 83.2. The Bertz CT molecular complexity index is 5450. The van der Waals surface area contributed by atoms with Crippen molar-refractivity contribution in [3.8, 4) is 17.2 Å². The average molecular weight is 1660 g/mol. The minimum Gasteiger partial charge on any atom is -1.00 e. The van der Waals surface area contributed by atoms with Crippen LogP contribution in [0.5, 0.6) is 17.2 Å². The van der Waals surface area contributed by atoms with E-state index in [0.29, 0.717) is 115 Å². The number of aliphatic hydroxyl groups is 2. The number of nitrogens with zero attached hydrogens (tertiary/aromatic N) is 8. The van der Waals surface area contributed by atoms with E-state index in [-0.39, 0.29) is 101 Å². The molecule has 27 heteroatoms. The van der Waals surface area contributed by atoms with Gasteiger partial charge in [-0.1, -0.05) is 154 Å². The van der Waals surface area contributed by atoms with Crippen LogP contribution in [-0.2, 0) is 50.2 Å². The predicted molar refractivity (Wildman–Crippen MR) is 470 cm³/mol. The van der Waals surface area contributed by atoms with Gasteiger partial charge in [0.25, 0.3) is 17.7 Å².